The molecule has 8 heteroatoms. The molecule has 0 bridgehead atoms. The van der Waals surface area contributed by atoms with E-state index in [-0.39, 0.29) is 54.7 Å². The highest BCUT2D eigenvalue weighted by Crippen LogP contribution is 2.37. The van der Waals surface area contributed by atoms with Gasteiger partial charge in [-0.2, -0.15) is 0 Å². The van der Waals surface area contributed by atoms with Crippen LogP contribution in [0.3, 0.4) is 0 Å². The number of hydrogen-bond acceptors (Lipinski definition) is 6. The molecule has 2 rings (SSSR count). The predicted molar refractivity (Wildman–Crippen MR) is 116 cm³/mol. The van der Waals surface area contributed by atoms with Gasteiger partial charge < -0.3 is 19.5 Å². The Morgan fingerprint density at radius 2 is 1.71 bits per heavy atom. The number of carbonyl (C=O) groups is 3. The normalized spacial score (nSPS) is 22.9. The van der Waals surface area contributed by atoms with Crippen molar-refractivity contribution in [3.8, 4) is 0 Å². The first-order valence-corrected chi connectivity index (χ1v) is 11.3. The van der Waals surface area contributed by atoms with Gasteiger partial charge in [0.2, 0.25) is 17.7 Å². The van der Waals surface area contributed by atoms with E-state index in [0.717, 1.165) is 0 Å². The van der Waals surface area contributed by atoms with Crippen LogP contribution >= 0.6 is 0 Å². The Morgan fingerprint density at radius 3 is 2.23 bits per heavy atom. The lowest BCUT2D eigenvalue weighted by molar-refractivity contribution is -0.152. The maximum Gasteiger partial charge on any atom is 0.245 e. The highest BCUT2D eigenvalue weighted by atomic mass is 16.5. The summed E-state index contributed by atoms with van der Waals surface area (Å²) in [5.74, 6) is -1.43. The number of imide groups is 1. The largest absolute Gasteiger partial charge is 0.389 e. The van der Waals surface area contributed by atoms with Gasteiger partial charge in [0, 0.05) is 13.6 Å². The van der Waals surface area contributed by atoms with E-state index in [4.69, 9.17) is 9.47 Å². The van der Waals surface area contributed by atoms with Crippen molar-refractivity contribution in [2.75, 3.05) is 33.4 Å². The maximum atomic E-state index is 13.2. The monoisotopic (exact) mass is 438 g/mol. The molecule has 176 valence electrons. The molecule has 0 radical (unpaired) electrons. The van der Waals surface area contributed by atoms with E-state index in [1.54, 1.807) is 7.05 Å². The van der Waals surface area contributed by atoms with Crippen LogP contribution in [0.25, 0.3) is 0 Å². The highest BCUT2D eigenvalue weighted by molar-refractivity contribution is 6.08. The zero-order valence-corrected chi connectivity index (χ0v) is 19.5. The molecule has 31 heavy (non-hydrogen) atoms. The zero-order valence-electron chi connectivity index (χ0n) is 19.5. The number of rotatable bonds is 12. The summed E-state index contributed by atoms with van der Waals surface area (Å²) >= 11 is 0. The van der Waals surface area contributed by atoms with Crippen molar-refractivity contribution in [1.82, 2.24) is 9.80 Å². The number of amides is 3. The lowest BCUT2D eigenvalue weighted by atomic mass is 9.85. The summed E-state index contributed by atoms with van der Waals surface area (Å²) in [6, 6.07) is -0.844. The number of likely N-dealkylation sites (tertiary alicyclic amines) is 1. The minimum Gasteiger partial charge on any atom is -0.389 e. The number of hydrogen-bond donors (Lipinski definition) is 1. The van der Waals surface area contributed by atoms with Crippen LogP contribution in [0.1, 0.15) is 47.0 Å². The van der Waals surface area contributed by atoms with Gasteiger partial charge in [-0.15, -0.1) is 0 Å². The third-order valence-electron chi connectivity index (χ3n) is 5.68. The molecule has 0 unspecified atom stereocenters. The van der Waals surface area contributed by atoms with Gasteiger partial charge in [-0.05, 0) is 39.0 Å². The van der Waals surface area contributed by atoms with Crippen molar-refractivity contribution < 1.29 is 29.0 Å². The Hall–Kier alpha value is -1.77. The Balaban J connectivity index is 1.97. The van der Waals surface area contributed by atoms with E-state index in [1.807, 2.05) is 39.8 Å². The van der Waals surface area contributed by atoms with Gasteiger partial charge in [-0.25, -0.2) is 0 Å². The molecule has 0 spiro atoms. The van der Waals surface area contributed by atoms with E-state index in [1.165, 1.54) is 9.80 Å². The molecule has 0 aromatic carbocycles. The predicted octanol–water partition coefficient (Wildman–Crippen LogP) is 1.61. The molecule has 1 aliphatic heterocycles. The van der Waals surface area contributed by atoms with E-state index in [2.05, 4.69) is 0 Å². The van der Waals surface area contributed by atoms with Crippen LogP contribution in [0.2, 0.25) is 0 Å². The number of fused-ring (bicyclic) bond motifs is 1. The summed E-state index contributed by atoms with van der Waals surface area (Å²) in [5.41, 5.74) is 0. The first-order chi connectivity index (χ1) is 14.6. The van der Waals surface area contributed by atoms with Crippen LogP contribution in [-0.4, -0.2) is 84.3 Å². The second-order valence-corrected chi connectivity index (χ2v) is 9.21. The van der Waals surface area contributed by atoms with Gasteiger partial charge in [0.15, 0.2) is 0 Å². The Kier molecular flexibility index (Phi) is 9.65. The summed E-state index contributed by atoms with van der Waals surface area (Å²) < 4.78 is 10.8. The lowest BCUT2D eigenvalue weighted by Gasteiger charge is -2.31. The van der Waals surface area contributed by atoms with Gasteiger partial charge in [-0.3, -0.25) is 19.3 Å². The molecule has 1 saturated heterocycles. The molecule has 1 fully saturated rings. The number of likely N-dealkylation sites (N-methyl/N-ethyl adjacent to an activating group) is 1. The third-order valence-corrected chi connectivity index (χ3v) is 5.68. The molecule has 1 heterocycles. The van der Waals surface area contributed by atoms with E-state index in [0.29, 0.717) is 32.5 Å². The summed E-state index contributed by atoms with van der Waals surface area (Å²) in [4.78, 5) is 41.8. The molecule has 2 aliphatic rings. The summed E-state index contributed by atoms with van der Waals surface area (Å²) in [6.07, 6.45) is 4.59. The van der Waals surface area contributed by atoms with E-state index in [9.17, 15) is 19.5 Å². The highest BCUT2D eigenvalue weighted by Gasteiger charge is 2.51. The maximum absolute atomic E-state index is 13.2. The molecule has 0 saturated carbocycles. The first-order valence-electron chi connectivity index (χ1n) is 11.3. The summed E-state index contributed by atoms with van der Waals surface area (Å²) in [6.45, 7) is 8.72. The second-order valence-electron chi connectivity index (χ2n) is 9.21. The minimum atomic E-state index is -0.871. The number of aliphatic hydroxyl groups is 1. The quantitative estimate of drug-likeness (QED) is 0.283. The fourth-order valence-corrected chi connectivity index (χ4v) is 4.17. The van der Waals surface area contributed by atoms with Gasteiger partial charge in [0.25, 0.3) is 0 Å². The molecule has 1 N–H and O–H groups in total. The fraction of sp³-hybridized carbons (Fsp3) is 0.783. The van der Waals surface area contributed by atoms with Crippen LogP contribution in [0.5, 0.6) is 0 Å². The number of nitrogens with zero attached hydrogens (tertiary/aromatic N) is 2. The third kappa shape index (κ3) is 6.85. The van der Waals surface area contributed by atoms with Crippen LogP contribution in [0.15, 0.2) is 12.2 Å². The Labute approximate surface area is 185 Å². The molecule has 3 amide bonds. The second kappa shape index (κ2) is 11.7. The average molecular weight is 439 g/mol. The van der Waals surface area contributed by atoms with Crippen LogP contribution < -0.4 is 0 Å². The SMILES string of the molecule is CC(C)C[C@H](C(=O)N(C)C[C@@H](O)COCCOC(C)C)N1C(=O)[C@H]2CC=CC[C@H]2C1=O. The van der Waals surface area contributed by atoms with Crippen LogP contribution in [-0.2, 0) is 23.9 Å². The minimum absolute atomic E-state index is 0.0586. The topological polar surface area (TPSA) is 96.4 Å². The average Bonchev–Trinajstić information content (AvgIpc) is 2.95. The van der Waals surface area contributed by atoms with E-state index >= 15 is 0 Å². The molecule has 4 atom stereocenters. The van der Waals surface area contributed by atoms with E-state index < -0.39 is 12.1 Å². The van der Waals surface area contributed by atoms with Crippen molar-refractivity contribution in [2.45, 2.75) is 65.2 Å². The van der Waals surface area contributed by atoms with Gasteiger partial charge in [0.05, 0.1) is 43.9 Å². The number of carbonyl (C=O) groups excluding carboxylic acids is 3. The number of aliphatic hydroxyl groups excluding tert-OH is 1. The van der Waals surface area contributed by atoms with Crippen molar-refractivity contribution >= 4 is 17.7 Å². The van der Waals surface area contributed by atoms with Crippen molar-refractivity contribution in [2.24, 2.45) is 17.8 Å². The molecule has 1 aliphatic carbocycles. The van der Waals surface area contributed by atoms with Gasteiger partial charge in [0.1, 0.15) is 6.04 Å². The Bertz CT molecular complexity index is 636. The fourth-order valence-electron chi connectivity index (χ4n) is 4.17. The van der Waals surface area contributed by atoms with Gasteiger partial charge in [-0.1, -0.05) is 26.0 Å². The Morgan fingerprint density at radius 1 is 1.13 bits per heavy atom. The van der Waals surface area contributed by atoms with Crippen LogP contribution in [0, 0.1) is 17.8 Å². The molecule has 0 aromatic heterocycles. The smallest absolute Gasteiger partial charge is 0.245 e. The zero-order chi connectivity index (χ0) is 23.1. The van der Waals surface area contributed by atoms with Gasteiger partial charge >= 0.3 is 0 Å². The summed E-state index contributed by atoms with van der Waals surface area (Å²) in [5, 5.41) is 10.3. The number of ether oxygens (including phenoxy) is 2. The van der Waals surface area contributed by atoms with Crippen molar-refractivity contribution in [1.29, 1.82) is 0 Å². The number of allylic oxidation sites excluding steroid dienone is 2. The van der Waals surface area contributed by atoms with Crippen molar-refractivity contribution in [3.63, 3.8) is 0 Å². The molecule has 8 nitrogen and oxygen atoms in total. The standard InChI is InChI=1S/C23H38N2O6/c1-15(2)12-20(25-21(27)18-8-6-7-9-19(18)22(25)28)23(29)24(5)13-17(26)14-30-10-11-31-16(3)4/h6-7,15-20,26H,8-14H2,1-5H3/t17-,18-,19+,20-/m1/s1. The first kappa shape index (κ1) is 25.5. The molecule has 0 aromatic rings. The van der Waals surface area contributed by atoms with Crippen molar-refractivity contribution in [3.05, 3.63) is 12.2 Å². The lowest BCUT2D eigenvalue weighted by Crippen LogP contribution is -2.52. The van der Waals surface area contributed by atoms with Crippen LogP contribution in [0.4, 0.5) is 0 Å². The molecular weight excluding hydrogens is 400 g/mol. The summed E-state index contributed by atoms with van der Waals surface area (Å²) in [7, 11) is 1.58. The molecular formula is C23H38N2O6.